The number of carbonyl (C=O) groups is 2. The van der Waals surface area contributed by atoms with E-state index in [1.807, 2.05) is 4.90 Å². The Hall–Kier alpha value is -3.45. The van der Waals surface area contributed by atoms with E-state index in [-0.39, 0.29) is 41.1 Å². The number of carbonyl (C=O) groups excluding carboxylic acids is 2. The third-order valence-corrected chi connectivity index (χ3v) is 7.34. The maximum Gasteiger partial charge on any atom is 0.425 e. The van der Waals surface area contributed by atoms with E-state index in [4.69, 9.17) is 30.8 Å². The minimum absolute atomic E-state index is 0.00111. The van der Waals surface area contributed by atoms with Crippen LogP contribution in [0, 0.1) is 5.82 Å². The Morgan fingerprint density at radius 1 is 1.12 bits per heavy atom. The SMILES string of the molecule is CSc1nc2c3c(nc(Cl)c(F)c3n1)O[C@@H]1CC[C@@H]1N2Cc1cccnc1N(C(=O)OC(C)(C)C)C(=O)OC(C)(C)C. The molecule has 3 aromatic rings. The summed E-state index contributed by atoms with van der Waals surface area (Å²) in [6.45, 7) is 10.3. The van der Waals surface area contributed by atoms with E-state index in [0.29, 0.717) is 21.9 Å². The lowest BCUT2D eigenvalue weighted by atomic mass is 9.87. The molecule has 0 saturated heterocycles. The molecule has 1 aliphatic heterocycles. The summed E-state index contributed by atoms with van der Waals surface area (Å²) < 4.78 is 32.6. The molecule has 3 aromatic heterocycles. The summed E-state index contributed by atoms with van der Waals surface area (Å²) in [4.78, 5) is 47.3. The summed E-state index contributed by atoms with van der Waals surface area (Å²) in [7, 11) is 0. The quantitative estimate of drug-likeness (QED) is 0.180. The topological polar surface area (TPSA) is 120 Å². The average Bonchev–Trinajstić information content (AvgIpc) is 2.94. The fourth-order valence-electron chi connectivity index (χ4n) is 4.70. The number of thioether (sulfide) groups is 1. The zero-order valence-corrected chi connectivity index (χ0v) is 26.0. The first-order chi connectivity index (χ1) is 19.7. The summed E-state index contributed by atoms with van der Waals surface area (Å²) >= 11 is 7.38. The first-order valence-electron chi connectivity index (χ1n) is 13.4. The van der Waals surface area contributed by atoms with Crippen LogP contribution in [0.25, 0.3) is 10.9 Å². The van der Waals surface area contributed by atoms with Crippen LogP contribution >= 0.6 is 23.4 Å². The first kappa shape index (κ1) is 30.0. The molecule has 5 rings (SSSR count). The number of imide groups is 1. The summed E-state index contributed by atoms with van der Waals surface area (Å²) in [5, 5.41) is 0.298. The van der Waals surface area contributed by atoms with Crippen LogP contribution in [0.2, 0.25) is 5.15 Å². The smallest absolute Gasteiger partial charge is 0.425 e. The van der Waals surface area contributed by atoms with E-state index >= 15 is 4.39 Å². The normalized spacial score (nSPS) is 18.0. The van der Waals surface area contributed by atoms with Gasteiger partial charge in [0.15, 0.2) is 21.9 Å². The monoisotopic (exact) mass is 618 g/mol. The lowest BCUT2D eigenvalue weighted by Crippen LogP contribution is -2.52. The third-order valence-electron chi connectivity index (χ3n) is 6.54. The van der Waals surface area contributed by atoms with Crippen LogP contribution in [0.1, 0.15) is 59.9 Å². The van der Waals surface area contributed by atoms with Crippen LogP contribution in [0.15, 0.2) is 23.5 Å². The fraction of sp³-hybridized carbons (Fsp3) is 0.500. The number of pyridine rings is 2. The van der Waals surface area contributed by atoms with Crippen molar-refractivity contribution < 1.29 is 28.2 Å². The Morgan fingerprint density at radius 2 is 1.79 bits per heavy atom. The maximum absolute atomic E-state index is 15.3. The van der Waals surface area contributed by atoms with E-state index in [2.05, 4.69) is 15.0 Å². The minimum Gasteiger partial charge on any atom is -0.472 e. The van der Waals surface area contributed by atoms with Gasteiger partial charge < -0.3 is 19.1 Å². The van der Waals surface area contributed by atoms with Gasteiger partial charge in [0.05, 0.1) is 6.04 Å². The van der Waals surface area contributed by atoms with Gasteiger partial charge in [-0.05, 0) is 66.7 Å². The third kappa shape index (κ3) is 5.89. The van der Waals surface area contributed by atoms with Gasteiger partial charge in [-0.1, -0.05) is 29.4 Å². The van der Waals surface area contributed by atoms with Gasteiger partial charge in [0.2, 0.25) is 5.88 Å². The number of ether oxygens (including phenoxy) is 3. The van der Waals surface area contributed by atoms with Crippen LogP contribution in [-0.2, 0) is 16.0 Å². The molecule has 0 radical (unpaired) electrons. The molecule has 224 valence electrons. The second-order valence-electron chi connectivity index (χ2n) is 12.0. The summed E-state index contributed by atoms with van der Waals surface area (Å²) in [5.41, 5.74) is -1.28. The van der Waals surface area contributed by atoms with Gasteiger partial charge in [-0.3, -0.25) is 0 Å². The first-order valence-corrected chi connectivity index (χ1v) is 15.0. The number of nitrogens with zero attached hydrogens (tertiary/aromatic N) is 6. The molecular formula is C28H32ClFN6O5S. The Labute approximate surface area is 252 Å². The van der Waals surface area contributed by atoms with Gasteiger partial charge >= 0.3 is 12.2 Å². The van der Waals surface area contributed by atoms with Crippen LogP contribution < -0.4 is 14.5 Å². The second kappa shape index (κ2) is 11.0. The maximum atomic E-state index is 15.3. The van der Waals surface area contributed by atoms with Gasteiger partial charge in [0.1, 0.15) is 34.0 Å². The van der Waals surface area contributed by atoms with Crippen molar-refractivity contribution in [2.45, 2.75) is 89.4 Å². The highest BCUT2D eigenvalue weighted by Crippen LogP contribution is 2.45. The van der Waals surface area contributed by atoms with Gasteiger partial charge in [0, 0.05) is 18.3 Å². The van der Waals surface area contributed by atoms with Gasteiger partial charge in [-0.2, -0.15) is 9.88 Å². The minimum atomic E-state index is -0.933. The second-order valence-corrected chi connectivity index (χ2v) is 13.1. The van der Waals surface area contributed by atoms with Gasteiger partial charge in [0.25, 0.3) is 0 Å². The van der Waals surface area contributed by atoms with Crippen molar-refractivity contribution >= 4 is 58.1 Å². The predicted octanol–water partition coefficient (Wildman–Crippen LogP) is 6.54. The predicted molar refractivity (Wildman–Crippen MR) is 157 cm³/mol. The van der Waals surface area contributed by atoms with Crippen LogP contribution in [-0.4, -0.2) is 61.7 Å². The Kier molecular flexibility index (Phi) is 7.86. The van der Waals surface area contributed by atoms with Crippen molar-refractivity contribution in [1.82, 2.24) is 19.9 Å². The number of halogens is 2. The zero-order valence-electron chi connectivity index (χ0n) is 24.4. The standard InChI is InChI=1S/C28H32ClFN6O5S/c1-27(2,3)40-25(37)36(26(38)41-28(4,5)6)21-14(9-8-12-31-21)13-35-15-10-11-16(15)39-23-17-19(18(30)20(29)33-23)32-24(42-7)34-22(17)35/h8-9,12,15-16H,10-11,13H2,1-7H3/t15-,16+/m0/s1. The van der Waals surface area contributed by atoms with E-state index < -0.39 is 29.2 Å². The number of hydrogen-bond donors (Lipinski definition) is 0. The molecule has 1 saturated carbocycles. The molecule has 1 aliphatic carbocycles. The molecular weight excluding hydrogens is 587 g/mol. The Bertz CT molecular complexity index is 1530. The van der Waals surface area contributed by atoms with Crippen molar-refractivity contribution in [2.75, 3.05) is 16.1 Å². The van der Waals surface area contributed by atoms with E-state index in [1.165, 1.54) is 18.0 Å². The number of fused-ring (bicyclic) bond motifs is 1. The molecule has 2 amide bonds. The molecule has 4 heterocycles. The Morgan fingerprint density at radius 3 is 2.36 bits per heavy atom. The molecule has 0 unspecified atom stereocenters. The molecule has 1 fully saturated rings. The molecule has 14 heteroatoms. The summed E-state index contributed by atoms with van der Waals surface area (Å²) in [6.07, 6.45) is 2.61. The molecule has 42 heavy (non-hydrogen) atoms. The highest BCUT2D eigenvalue weighted by molar-refractivity contribution is 7.98. The van der Waals surface area contributed by atoms with Crippen LogP contribution in [0.4, 0.5) is 25.6 Å². The van der Waals surface area contributed by atoms with Crippen molar-refractivity contribution in [3.63, 3.8) is 0 Å². The molecule has 0 bridgehead atoms. The summed E-state index contributed by atoms with van der Waals surface area (Å²) in [6, 6.07) is 3.28. The molecule has 11 nitrogen and oxygen atoms in total. The molecule has 2 aliphatic rings. The highest BCUT2D eigenvalue weighted by atomic mass is 35.5. The lowest BCUT2D eigenvalue weighted by molar-refractivity contribution is 0.0428. The van der Waals surface area contributed by atoms with Crippen molar-refractivity contribution in [2.24, 2.45) is 0 Å². The van der Waals surface area contributed by atoms with Crippen molar-refractivity contribution in [3.8, 4) is 5.88 Å². The van der Waals surface area contributed by atoms with Crippen LogP contribution in [0.5, 0.6) is 5.88 Å². The van der Waals surface area contributed by atoms with Gasteiger partial charge in [-0.15, -0.1) is 0 Å². The number of rotatable bonds is 4. The van der Waals surface area contributed by atoms with E-state index in [1.54, 1.807) is 59.9 Å². The number of anilines is 2. The van der Waals surface area contributed by atoms with Crippen molar-refractivity contribution in [1.29, 1.82) is 0 Å². The number of aromatic nitrogens is 4. The fourth-order valence-corrected chi connectivity index (χ4v) is 5.23. The number of amides is 2. The number of hydrogen-bond acceptors (Lipinski definition) is 11. The lowest BCUT2D eigenvalue weighted by Gasteiger charge is -2.42. The summed E-state index contributed by atoms with van der Waals surface area (Å²) in [5.74, 6) is -0.161. The van der Waals surface area contributed by atoms with E-state index in [9.17, 15) is 9.59 Å². The Balaban J connectivity index is 1.64. The molecule has 0 spiro atoms. The zero-order chi connectivity index (χ0) is 30.6. The molecule has 0 aromatic carbocycles. The average molecular weight is 619 g/mol. The molecule has 2 atom stereocenters. The van der Waals surface area contributed by atoms with Gasteiger partial charge in [-0.25, -0.2) is 28.9 Å². The molecule has 0 N–H and O–H groups in total. The largest absolute Gasteiger partial charge is 0.472 e. The van der Waals surface area contributed by atoms with Crippen molar-refractivity contribution in [3.05, 3.63) is 34.9 Å². The van der Waals surface area contributed by atoms with Crippen LogP contribution in [0.3, 0.4) is 0 Å². The highest BCUT2D eigenvalue weighted by Gasteiger charge is 2.44. The van der Waals surface area contributed by atoms with E-state index in [0.717, 1.165) is 17.7 Å².